The lowest BCUT2D eigenvalue weighted by atomic mass is 9.83. The highest BCUT2D eigenvalue weighted by Crippen LogP contribution is 2.56. The molecule has 1 fully saturated rings. The molecule has 0 amide bonds. The van der Waals surface area contributed by atoms with E-state index in [1.807, 2.05) is 30.3 Å². The summed E-state index contributed by atoms with van der Waals surface area (Å²) in [4.78, 5) is 21.9. The number of nitrogens with zero attached hydrogens (tertiary/aromatic N) is 2. The first kappa shape index (κ1) is 15.4. The van der Waals surface area contributed by atoms with Gasteiger partial charge in [-0.25, -0.2) is 9.97 Å². The smallest absolute Gasteiger partial charge is 0.150 e. The molecule has 0 unspecified atom stereocenters. The van der Waals surface area contributed by atoms with Crippen LogP contribution in [0, 0.1) is 0 Å². The second kappa shape index (κ2) is 5.85. The van der Waals surface area contributed by atoms with Crippen LogP contribution in [0.4, 0.5) is 0 Å². The molecule has 0 radical (unpaired) electrons. The molecule has 1 aliphatic rings. The van der Waals surface area contributed by atoms with E-state index in [0.29, 0.717) is 5.56 Å². The van der Waals surface area contributed by atoms with Crippen LogP contribution in [-0.2, 0) is 5.41 Å². The van der Waals surface area contributed by atoms with Crippen molar-refractivity contribution in [3.8, 4) is 10.6 Å². The summed E-state index contributed by atoms with van der Waals surface area (Å²) in [6.07, 6.45) is 4.91. The Kier molecular flexibility index (Phi) is 3.47. The summed E-state index contributed by atoms with van der Waals surface area (Å²) in [5.74, 6) is 0. The SMILES string of the molecule is O=Cc1cccc(C2(c3ccccc3)CC2)c1-c1nc2cccnc2s1. The van der Waals surface area contributed by atoms with Crippen molar-refractivity contribution in [3.63, 3.8) is 0 Å². The maximum Gasteiger partial charge on any atom is 0.150 e. The number of aldehydes is 1. The summed E-state index contributed by atoms with van der Waals surface area (Å²) in [7, 11) is 0. The van der Waals surface area contributed by atoms with Crippen molar-refractivity contribution in [1.82, 2.24) is 9.97 Å². The minimum Gasteiger partial charge on any atom is -0.298 e. The summed E-state index contributed by atoms with van der Waals surface area (Å²) in [6, 6.07) is 20.5. The van der Waals surface area contributed by atoms with E-state index in [9.17, 15) is 4.79 Å². The van der Waals surface area contributed by atoms with E-state index in [1.165, 1.54) is 11.1 Å². The lowest BCUT2D eigenvalue weighted by Crippen LogP contribution is -2.11. The largest absolute Gasteiger partial charge is 0.298 e. The molecule has 2 aromatic carbocycles. The standard InChI is InChI=1S/C22H16N2OS/c25-14-15-6-4-9-17(22(11-12-22)16-7-2-1-3-8-16)19(15)21-24-18-10-5-13-23-20(18)26-21/h1-10,13-14H,11-12H2. The minimum absolute atomic E-state index is 0.0130. The Balaban J connectivity index is 1.76. The molecule has 2 heterocycles. The zero-order valence-corrected chi connectivity index (χ0v) is 14.9. The first-order chi connectivity index (χ1) is 12.8. The van der Waals surface area contributed by atoms with Crippen molar-refractivity contribution in [2.45, 2.75) is 18.3 Å². The van der Waals surface area contributed by atoms with Crippen LogP contribution in [0.25, 0.3) is 20.9 Å². The van der Waals surface area contributed by atoms with Gasteiger partial charge >= 0.3 is 0 Å². The fourth-order valence-electron chi connectivity index (χ4n) is 3.78. The number of hydrogen-bond acceptors (Lipinski definition) is 4. The zero-order valence-electron chi connectivity index (χ0n) is 14.1. The van der Waals surface area contributed by atoms with Crippen molar-refractivity contribution in [1.29, 1.82) is 0 Å². The van der Waals surface area contributed by atoms with E-state index in [1.54, 1.807) is 17.5 Å². The zero-order chi connectivity index (χ0) is 17.6. The maximum absolute atomic E-state index is 11.8. The predicted molar refractivity (Wildman–Crippen MR) is 105 cm³/mol. The highest BCUT2D eigenvalue weighted by molar-refractivity contribution is 7.21. The van der Waals surface area contributed by atoms with E-state index in [2.05, 4.69) is 35.3 Å². The van der Waals surface area contributed by atoms with Gasteiger partial charge in [0.05, 0.1) is 0 Å². The fraction of sp³-hybridized carbons (Fsp3) is 0.136. The number of carbonyl (C=O) groups excluding carboxylic acids is 1. The Bertz CT molecular complexity index is 1080. The number of thiazole rings is 1. The Labute approximate surface area is 155 Å². The Morgan fingerprint density at radius 2 is 1.81 bits per heavy atom. The van der Waals surface area contributed by atoms with Gasteiger partial charge in [-0.05, 0) is 36.1 Å². The van der Waals surface area contributed by atoms with E-state index in [-0.39, 0.29) is 5.41 Å². The molecule has 0 saturated heterocycles. The van der Waals surface area contributed by atoms with E-state index >= 15 is 0 Å². The average molecular weight is 356 g/mol. The summed E-state index contributed by atoms with van der Waals surface area (Å²) in [5, 5.41) is 0.874. The molecule has 4 heteroatoms. The van der Waals surface area contributed by atoms with Crippen LogP contribution in [0.2, 0.25) is 0 Å². The molecule has 0 atom stereocenters. The molecule has 26 heavy (non-hydrogen) atoms. The number of fused-ring (bicyclic) bond motifs is 1. The van der Waals surface area contributed by atoms with Crippen molar-refractivity contribution in [2.75, 3.05) is 0 Å². The lowest BCUT2D eigenvalue weighted by molar-refractivity contribution is 0.112. The number of hydrogen-bond donors (Lipinski definition) is 0. The highest BCUT2D eigenvalue weighted by atomic mass is 32.1. The highest BCUT2D eigenvalue weighted by Gasteiger charge is 2.47. The fourth-order valence-corrected chi connectivity index (χ4v) is 4.77. The molecular weight excluding hydrogens is 340 g/mol. The molecule has 0 spiro atoms. The first-order valence-corrected chi connectivity index (χ1v) is 9.50. The van der Waals surface area contributed by atoms with Crippen LogP contribution in [0.5, 0.6) is 0 Å². The molecule has 1 aliphatic carbocycles. The molecule has 0 N–H and O–H groups in total. The second-order valence-electron chi connectivity index (χ2n) is 6.68. The van der Waals surface area contributed by atoms with E-state index < -0.39 is 0 Å². The summed E-state index contributed by atoms with van der Waals surface area (Å²) in [5.41, 5.74) is 5.04. The van der Waals surface area contributed by atoms with Gasteiger partial charge in [0, 0.05) is 22.7 Å². The predicted octanol–water partition coefficient (Wildman–Crippen LogP) is 5.25. The van der Waals surface area contributed by atoms with Crippen LogP contribution in [0.1, 0.15) is 34.3 Å². The van der Waals surface area contributed by atoms with Crippen LogP contribution < -0.4 is 0 Å². The summed E-state index contributed by atoms with van der Waals surface area (Å²) < 4.78 is 0. The quantitative estimate of drug-likeness (QED) is 0.469. The third kappa shape index (κ3) is 2.30. The Morgan fingerprint density at radius 1 is 0.962 bits per heavy atom. The molecule has 3 nitrogen and oxygen atoms in total. The summed E-state index contributed by atoms with van der Waals surface area (Å²) in [6.45, 7) is 0. The van der Waals surface area contributed by atoms with Gasteiger partial charge in [0.2, 0.25) is 0 Å². The number of pyridine rings is 1. The molecule has 0 bridgehead atoms. The number of carbonyl (C=O) groups is 1. The molecule has 4 aromatic rings. The topological polar surface area (TPSA) is 42.9 Å². The monoisotopic (exact) mass is 356 g/mol. The second-order valence-corrected chi connectivity index (χ2v) is 7.66. The lowest BCUT2D eigenvalue weighted by Gasteiger charge is -2.20. The number of aromatic nitrogens is 2. The van der Waals surface area contributed by atoms with Crippen LogP contribution in [-0.4, -0.2) is 16.3 Å². The van der Waals surface area contributed by atoms with Crippen LogP contribution in [0.15, 0.2) is 66.9 Å². The van der Waals surface area contributed by atoms with Crippen molar-refractivity contribution < 1.29 is 4.79 Å². The van der Waals surface area contributed by atoms with Gasteiger partial charge in [-0.15, -0.1) is 0 Å². The third-order valence-corrected chi connectivity index (χ3v) is 6.19. The molecule has 2 aromatic heterocycles. The van der Waals surface area contributed by atoms with Gasteiger partial charge in [0.1, 0.15) is 15.4 Å². The van der Waals surface area contributed by atoms with E-state index in [4.69, 9.17) is 4.98 Å². The number of benzene rings is 2. The van der Waals surface area contributed by atoms with Crippen LogP contribution in [0.3, 0.4) is 0 Å². The van der Waals surface area contributed by atoms with Gasteiger partial charge in [-0.3, -0.25) is 4.79 Å². The molecule has 5 rings (SSSR count). The van der Waals surface area contributed by atoms with Crippen molar-refractivity contribution in [2.24, 2.45) is 0 Å². The Hall–Kier alpha value is -2.85. The molecule has 0 aliphatic heterocycles. The molecule has 126 valence electrons. The third-order valence-electron chi connectivity index (χ3n) is 5.20. The van der Waals surface area contributed by atoms with Gasteiger partial charge in [0.15, 0.2) is 6.29 Å². The normalized spacial score (nSPS) is 15.1. The van der Waals surface area contributed by atoms with E-state index in [0.717, 1.165) is 40.0 Å². The number of rotatable bonds is 4. The van der Waals surface area contributed by atoms with Gasteiger partial charge in [0.25, 0.3) is 0 Å². The minimum atomic E-state index is -0.0130. The first-order valence-electron chi connectivity index (χ1n) is 8.68. The van der Waals surface area contributed by atoms with Gasteiger partial charge in [-0.2, -0.15) is 0 Å². The molecular formula is C22H16N2OS. The van der Waals surface area contributed by atoms with Crippen molar-refractivity contribution >= 4 is 28.0 Å². The summed E-state index contributed by atoms with van der Waals surface area (Å²) >= 11 is 1.55. The maximum atomic E-state index is 11.8. The van der Waals surface area contributed by atoms with Gasteiger partial charge < -0.3 is 0 Å². The average Bonchev–Trinajstić information content (AvgIpc) is 3.40. The molecule has 1 saturated carbocycles. The van der Waals surface area contributed by atoms with Crippen LogP contribution >= 0.6 is 11.3 Å². The Morgan fingerprint density at radius 3 is 2.54 bits per heavy atom. The van der Waals surface area contributed by atoms with Gasteiger partial charge in [-0.1, -0.05) is 59.9 Å². The van der Waals surface area contributed by atoms with Crippen molar-refractivity contribution in [3.05, 3.63) is 83.6 Å².